The monoisotopic (exact) mass is 246 g/mol. The molecule has 0 saturated heterocycles. The molecule has 3 rings (SSSR count). The van der Waals surface area contributed by atoms with Gasteiger partial charge in [0.25, 0.3) is 0 Å². The molecule has 0 amide bonds. The average molecular weight is 246 g/mol. The number of fused-ring (bicyclic) bond motifs is 2. The number of hydrogen-bond donors (Lipinski definition) is 0. The maximum absolute atomic E-state index is 11.8. The second-order valence-corrected chi connectivity index (χ2v) is 6.82. The van der Waals surface area contributed by atoms with Gasteiger partial charge in [-0.2, -0.15) is 0 Å². The van der Waals surface area contributed by atoms with E-state index >= 15 is 0 Å². The second-order valence-electron chi connectivity index (χ2n) is 6.82. The summed E-state index contributed by atoms with van der Waals surface area (Å²) in [6.45, 7) is 10.6. The standard InChI is InChI=1S/C16H22O2/c1-10-6-5-7-15(3)9-16(4)13(8-12(10)15)11(2)14(17)18-16/h12H,1,5-9H2,2-4H3/t12-,15+,16-/m0/s1. The van der Waals surface area contributed by atoms with Crippen molar-refractivity contribution < 1.29 is 9.53 Å². The fraction of sp³-hybridized carbons (Fsp3) is 0.688. The Morgan fingerprint density at radius 1 is 1.39 bits per heavy atom. The van der Waals surface area contributed by atoms with Gasteiger partial charge in [0.05, 0.1) is 0 Å². The number of ether oxygens (including phenoxy) is 1. The lowest BCUT2D eigenvalue weighted by Gasteiger charge is -2.51. The van der Waals surface area contributed by atoms with Gasteiger partial charge in [0, 0.05) is 5.57 Å². The zero-order chi connectivity index (χ0) is 13.1. The molecule has 0 N–H and O–H groups in total. The van der Waals surface area contributed by atoms with Crippen LogP contribution >= 0.6 is 0 Å². The molecule has 1 heterocycles. The van der Waals surface area contributed by atoms with Crippen molar-refractivity contribution in [3.8, 4) is 0 Å². The molecule has 3 atom stereocenters. The first-order valence-corrected chi connectivity index (χ1v) is 6.97. The lowest BCUT2D eigenvalue weighted by Crippen LogP contribution is -2.46. The third kappa shape index (κ3) is 1.44. The van der Waals surface area contributed by atoms with Gasteiger partial charge in [0.15, 0.2) is 0 Å². The van der Waals surface area contributed by atoms with E-state index in [1.54, 1.807) is 0 Å². The second kappa shape index (κ2) is 3.49. The Labute approximate surface area is 109 Å². The number of esters is 1. The number of allylic oxidation sites excluding steroid dienone is 1. The summed E-state index contributed by atoms with van der Waals surface area (Å²) in [6, 6.07) is 0. The van der Waals surface area contributed by atoms with Crippen molar-refractivity contribution in [2.75, 3.05) is 0 Å². The fourth-order valence-electron chi connectivity index (χ4n) is 4.51. The maximum atomic E-state index is 11.8. The van der Waals surface area contributed by atoms with Gasteiger partial charge in [-0.25, -0.2) is 4.79 Å². The molecule has 0 radical (unpaired) electrons. The lowest BCUT2D eigenvalue weighted by molar-refractivity contribution is -0.150. The zero-order valence-corrected chi connectivity index (χ0v) is 11.6. The Bertz CT molecular complexity index is 473. The van der Waals surface area contributed by atoms with Crippen molar-refractivity contribution >= 4 is 5.97 Å². The van der Waals surface area contributed by atoms with E-state index in [1.165, 1.54) is 24.0 Å². The Balaban J connectivity index is 2.04. The van der Waals surface area contributed by atoms with Crippen LogP contribution in [-0.2, 0) is 9.53 Å². The maximum Gasteiger partial charge on any atom is 0.334 e. The quantitative estimate of drug-likeness (QED) is 0.480. The van der Waals surface area contributed by atoms with E-state index in [1.807, 2.05) is 6.92 Å². The highest BCUT2D eigenvalue weighted by molar-refractivity contribution is 5.92. The minimum Gasteiger partial charge on any atom is -0.451 e. The normalized spacial score (nSPS) is 43.6. The summed E-state index contributed by atoms with van der Waals surface area (Å²) in [7, 11) is 0. The summed E-state index contributed by atoms with van der Waals surface area (Å²) in [5.41, 5.74) is 3.38. The molecule has 2 fully saturated rings. The van der Waals surface area contributed by atoms with E-state index in [2.05, 4.69) is 20.4 Å². The first kappa shape index (κ1) is 12.0. The van der Waals surface area contributed by atoms with Gasteiger partial charge in [0.2, 0.25) is 0 Å². The van der Waals surface area contributed by atoms with Crippen LogP contribution in [0.15, 0.2) is 23.3 Å². The minimum absolute atomic E-state index is 0.111. The number of rotatable bonds is 0. The highest BCUT2D eigenvalue weighted by atomic mass is 16.6. The van der Waals surface area contributed by atoms with Crippen molar-refractivity contribution in [1.82, 2.24) is 0 Å². The zero-order valence-electron chi connectivity index (χ0n) is 11.6. The number of hydrogen-bond acceptors (Lipinski definition) is 2. The molecule has 2 saturated carbocycles. The molecular formula is C16H22O2. The third-order valence-electron chi connectivity index (χ3n) is 5.44. The highest BCUT2D eigenvalue weighted by Crippen LogP contribution is 2.59. The van der Waals surface area contributed by atoms with Crippen LogP contribution in [-0.4, -0.2) is 11.6 Å². The van der Waals surface area contributed by atoms with E-state index in [4.69, 9.17) is 4.74 Å². The van der Waals surface area contributed by atoms with E-state index in [9.17, 15) is 4.79 Å². The Morgan fingerprint density at radius 2 is 2.11 bits per heavy atom. The average Bonchev–Trinajstić information content (AvgIpc) is 2.46. The largest absolute Gasteiger partial charge is 0.451 e. The molecule has 1 aliphatic heterocycles. The molecule has 0 bridgehead atoms. The molecule has 0 unspecified atom stereocenters. The van der Waals surface area contributed by atoms with Crippen molar-refractivity contribution in [3.63, 3.8) is 0 Å². The summed E-state index contributed by atoms with van der Waals surface area (Å²) >= 11 is 0. The summed E-state index contributed by atoms with van der Waals surface area (Å²) < 4.78 is 5.67. The molecule has 2 nitrogen and oxygen atoms in total. The lowest BCUT2D eigenvalue weighted by atomic mass is 9.54. The molecular weight excluding hydrogens is 224 g/mol. The van der Waals surface area contributed by atoms with Crippen LogP contribution in [0.3, 0.4) is 0 Å². The molecule has 0 aromatic carbocycles. The van der Waals surface area contributed by atoms with Crippen molar-refractivity contribution in [2.24, 2.45) is 11.3 Å². The van der Waals surface area contributed by atoms with Gasteiger partial charge in [-0.15, -0.1) is 0 Å². The van der Waals surface area contributed by atoms with Gasteiger partial charge >= 0.3 is 5.97 Å². The first-order chi connectivity index (χ1) is 8.36. The van der Waals surface area contributed by atoms with Crippen molar-refractivity contribution in [1.29, 1.82) is 0 Å². The summed E-state index contributed by atoms with van der Waals surface area (Å²) in [4.78, 5) is 11.8. The summed E-state index contributed by atoms with van der Waals surface area (Å²) in [5.74, 6) is 0.430. The molecule has 0 aromatic rings. The van der Waals surface area contributed by atoms with Crippen LogP contribution < -0.4 is 0 Å². The summed E-state index contributed by atoms with van der Waals surface area (Å²) in [6.07, 6.45) is 5.55. The minimum atomic E-state index is -0.343. The van der Waals surface area contributed by atoms with Crippen LogP contribution in [0.4, 0.5) is 0 Å². The van der Waals surface area contributed by atoms with Gasteiger partial charge in [-0.1, -0.05) is 19.1 Å². The van der Waals surface area contributed by atoms with Crippen molar-refractivity contribution in [3.05, 3.63) is 23.3 Å². The van der Waals surface area contributed by atoms with E-state index in [-0.39, 0.29) is 17.0 Å². The SMILES string of the molecule is C=C1CCC[C@]2(C)C[C@]3(C)OC(=O)C(C)=C3C[C@@H]12. The van der Waals surface area contributed by atoms with Crippen LogP contribution in [0.2, 0.25) is 0 Å². The van der Waals surface area contributed by atoms with Crippen LogP contribution in [0.25, 0.3) is 0 Å². The molecule has 2 heteroatoms. The molecule has 3 aliphatic rings. The topological polar surface area (TPSA) is 26.3 Å². The predicted octanol–water partition coefficient (Wildman–Crippen LogP) is 3.77. The number of carbonyl (C=O) groups excluding carboxylic acids is 1. The van der Waals surface area contributed by atoms with E-state index in [0.717, 1.165) is 24.8 Å². The van der Waals surface area contributed by atoms with Crippen LogP contribution in [0, 0.1) is 11.3 Å². The molecule has 98 valence electrons. The van der Waals surface area contributed by atoms with Gasteiger partial charge in [0.1, 0.15) is 5.60 Å². The smallest absolute Gasteiger partial charge is 0.334 e. The predicted molar refractivity (Wildman–Crippen MR) is 71.0 cm³/mol. The highest BCUT2D eigenvalue weighted by Gasteiger charge is 2.55. The fourth-order valence-corrected chi connectivity index (χ4v) is 4.51. The Morgan fingerprint density at radius 3 is 2.83 bits per heavy atom. The van der Waals surface area contributed by atoms with Crippen molar-refractivity contribution in [2.45, 2.75) is 58.5 Å². The molecule has 0 spiro atoms. The Kier molecular flexibility index (Phi) is 2.33. The molecule has 18 heavy (non-hydrogen) atoms. The Hall–Kier alpha value is -1.05. The van der Waals surface area contributed by atoms with Gasteiger partial charge in [-0.05, 0) is 62.9 Å². The van der Waals surface area contributed by atoms with Gasteiger partial charge < -0.3 is 4.74 Å². The summed E-state index contributed by atoms with van der Waals surface area (Å²) in [5, 5.41) is 0. The number of carbonyl (C=O) groups is 1. The van der Waals surface area contributed by atoms with E-state index in [0.29, 0.717) is 5.92 Å². The van der Waals surface area contributed by atoms with E-state index < -0.39 is 0 Å². The van der Waals surface area contributed by atoms with Crippen LogP contribution in [0.5, 0.6) is 0 Å². The third-order valence-corrected chi connectivity index (χ3v) is 5.44. The van der Waals surface area contributed by atoms with Gasteiger partial charge in [-0.3, -0.25) is 0 Å². The molecule has 0 aromatic heterocycles. The van der Waals surface area contributed by atoms with Crippen LogP contribution in [0.1, 0.15) is 52.9 Å². The molecule has 2 aliphatic carbocycles. The first-order valence-electron chi connectivity index (χ1n) is 6.97.